The fourth-order valence-corrected chi connectivity index (χ4v) is 3.27. The molecule has 0 amide bonds. The highest BCUT2D eigenvalue weighted by molar-refractivity contribution is 7.98. The first-order valence-electron chi connectivity index (χ1n) is 8.67. The van der Waals surface area contributed by atoms with Crippen LogP contribution in [-0.4, -0.2) is 15.8 Å². The number of halogens is 2. The van der Waals surface area contributed by atoms with Crippen molar-refractivity contribution in [1.82, 2.24) is 9.97 Å². The maximum Gasteiger partial charge on any atom is 0.223 e. The first-order valence-corrected chi connectivity index (χ1v) is 9.66. The van der Waals surface area contributed by atoms with E-state index in [1.165, 1.54) is 30.8 Å². The third kappa shape index (κ3) is 5.36. The molecule has 0 radical (unpaired) electrons. The van der Waals surface area contributed by atoms with Gasteiger partial charge in [-0.25, -0.2) is 13.8 Å². The van der Waals surface area contributed by atoms with E-state index < -0.39 is 11.6 Å². The Morgan fingerprint density at radius 2 is 1.71 bits per heavy atom. The Kier molecular flexibility index (Phi) is 6.36. The molecule has 1 heterocycles. The monoisotopic (exact) mass is 400 g/mol. The van der Waals surface area contributed by atoms with Crippen molar-refractivity contribution in [3.05, 3.63) is 77.0 Å². The molecule has 144 valence electrons. The average Bonchev–Trinajstić information content (AvgIpc) is 2.66. The molecule has 2 aromatic carbocycles. The number of benzene rings is 2. The molecule has 0 aliphatic carbocycles. The number of nitrogens with zero attached hydrogens (tertiary/aromatic N) is 2. The summed E-state index contributed by atoms with van der Waals surface area (Å²) in [6.07, 6.45) is 0.685. The Hall–Kier alpha value is -2.80. The minimum atomic E-state index is -0.614. The predicted octanol–water partition coefficient (Wildman–Crippen LogP) is 5.60. The Morgan fingerprint density at radius 1 is 1.04 bits per heavy atom. The number of ketones is 1. The summed E-state index contributed by atoms with van der Waals surface area (Å²) in [5.74, 6) is 0.00139. The van der Waals surface area contributed by atoms with Crippen molar-refractivity contribution < 1.29 is 18.3 Å². The van der Waals surface area contributed by atoms with Gasteiger partial charge in [-0.15, -0.1) is 0 Å². The zero-order valence-electron chi connectivity index (χ0n) is 15.4. The van der Waals surface area contributed by atoms with Crippen LogP contribution in [-0.2, 0) is 12.2 Å². The summed E-state index contributed by atoms with van der Waals surface area (Å²) >= 11 is 1.27. The molecule has 4 nitrogen and oxygen atoms in total. The van der Waals surface area contributed by atoms with E-state index >= 15 is 0 Å². The van der Waals surface area contributed by atoms with Crippen molar-refractivity contribution in [2.45, 2.75) is 31.2 Å². The molecular formula is C21H18F2N2O2S. The Labute approximate surface area is 166 Å². The molecule has 0 unspecified atom stereocenters. The predicted molar refractivity (Wildman–Crippen MR) is 104 cm³/mol. The number of carbonyl (C=O) groups is 1. The van der Waals surface area contributed by atoms with E-state index in [9.17, 15) is 13.6 Å². The number of aryl methyl sites for hydroxylation is 1. The molecule has 0 saturated heterocycles. The largest absolute Gasteiger partial charge is 0.439 e. The second-order valence-corrected chi connectivity index (χ2v) is 7.03. The molecule has 0 aliphatic rings. The lowest BCUT2D eigenvalue weighted by Crippen LogP contribution is -1.98. The molecule has 0 fully saturated rings. The third-order valence-corrected chi connectivity index (χ3v) is 4.79. The minimum Gasteiger partial charge on any atom is -0.439 e. The normalized spacial score (nSPS) is 10.7. The van der Waals surface area contributed by atoms with E-state index in [-0.39, 0.29) is 5.78 Å². The van der Waals surface area contributed by atoms with Gasteiger partial charge in [-0.3, -0.25) is 4.79 Å². The third-order valence-electron chi connectivity index (χ3n) is 3.87. The van der Waals surface area contributed by atoms with Gasteiger partial charge in [0.15, 0.2) is 10.9 Å². The van der Waals surface area contributed by atoms with Crippen LogP contribution in [0.3, 0.4) is 0 Å². The van der Waals surface area contributed by atoms with Gasteiger partial charge in [0.1, 0.15) is 17.4 Å². The average molecular weight is 400 g/mol. The molecular weight excluding hydrogens is 382 g/mol. The molecule has 0 atom stereocenters. The highest BCUT2D eigenvalue weighted by atomic mass is 32.2. The van der Waals surface area contributed by atoms with Gasteiger partial charge in [0.25, 0.3) is 0 Å². The number of ether oxygens (including phenoxy) is 1. The van der Waals surface area contributed by atoms with E-state index in [0.29, 0.717) is 40.1 Å². The summed E-state index contributed by atoms with van der Waals surface area (Å²) in [5, 5.41) is 0.458. The van der Waals surface area contributed by atoms with Crippen LogP contribution in [0.1, 0.15) is 35.5 Å². The van der Waals surface area contributed by atoms with Crippen LogP contribution in [0.5, 0.6) is 11.6 Å². The Bertz CT molecular complexity index is 974. The second kappa shape index (κ2) is 8.93. The Balaban J connectivity index is 1.76. The standard InChI is InChI=1S/C21H18F2N2O2S/c1-3-18-11-20(27-19-6-4-15(5-7-19)13(2)26)25-21(24-18)28-12-14-8-16(22)10-17(23)9-14/h4-11H,3,12H2,1-2H3. The Morgan fingerprint density at radius 3 is 2.32 bits per heavy atom. The first-order chi connectivity index (χ1) is 13.4. The summed E-state index contributed by atoms with van der Waals surface area (Å²) in [7, 11) is 0. The number of hydrogen-bond donors (Lipinski definition) is 0. The van der Waals surface area contributed by atoms with E-state index in [1.807, 2.05) is 6.92 Å². The van der Waals surface area contributed by atoms with Crippen LogP contribution in [0.2, 0.25) is 0 Å². The summed E-state index contributed by atoms with van der Waals surface area (Å²) in [5.41, 5.74) is 1.90. The maximum absolute atomic E-state index is 13.3. The minimum absolute atomic E-state index is 0.0191. The van der Waals surface area contributed by atoms with Crippen LogP contribution < -0.4 is 4.74 Å². The van der Waals surface area contributed by atoms with Crippen molar-refractivity contribution in [3.63, 3.8) is 0 Å². The van der Waals surface area contributed by atoms with Gasteiger partial charge in [0.05, 0.1) is 0 Å². The van der Waals surface area contributed by atoms with Crippen LogP contribution in [0.25, 0.3) is 0 Å². The lowest BCUT2D eigenvalue weighted by Gasteiger charge is -2.09. The maximum atomic E-state index is 13.3. The molecule has 1 aromatic heterocycles. The number of carbonyl (C=O) groups excluding carboxylic acids is 1. The van der Waals surface area contributed by atoms with Gasteiger partial charge in [-0.2, -0.15) is 4.98 Å². The summed E-state index contributed by atoms with van der Waals surface area (Å²) in [4.78, 5) is 20.2. The summed E-state index contributed by atoms with van der Waals surface area (Å²) in [6, 6.07) is 11.9. The van der Waals surface area contributed by atoms with Crippen LogP contribution in [0.15, 0.2) is 53.7 Å². The number of hydrogen-bond acceptors (Lipinski definition) is 5. The zero-order chi connectivity index (χ0) is 20.1. The smallest absolute Gasteiger partial charge is 0.223 e. The van der Waals surface area contributed by atoms with E-state index in [1.54, 1.807) is 30.3 Å². The topological polar surface area (TPSA) is 52.1 Å². The van der Waals surface area contributed by atoms with Gasteiger partial charge >= 0.3 is 0 Å². The molecule has 0 N–H and O–H groups in total. The number of aromatic nitrogens is 2. The molecule has 0 aliphatic heterocycles. The molecule has 3 rings (SSSR count). The summed E-state index contributed by atoms with van der Waals surface area (Å²) in [6.45, 7) is 3.46. The van der Waals surface area contributed by atoms with Gasteiger partial charge in [-0.05, 0) is 55.3 Å². The van der Waals surface area contributed by atoms with Crippen LogP contribution in [0.4, 0.5) is 8.78 Å². The van der Waals surface area contributed by atoms with Crippen molar-refractivity contribution >= 4 is 17.5 Å². The van der Waals surface area contributed by atoms with Crippen LogP contribution in [0, 0.1) is 11.6 Å². The van der Waals surface area contributed by atoms with Gasteiger partial charge in [0.2, 0.25) is 5.88 Å². The van der Waals surface area contributed by atoms with Crippen molar-refractivity contribution in [1.29, 1.82) is 0 Å². The van der Waals surface area contributed by atoms with E-state index in [0.717, 1.165) is 11.8 Å². The molecule has 28 heavy (non-hydrogen) atoms. The molecule has 0 saturated carbocycles. The van der Waals surface area contributed by atoms with Gasteiger partial charge in [-0.1, -0.05) is 18.7 Å². The van der Waals surface area contributed by atoms with Crippen molar-refractivity contribution in [3.8, 4) is 11.6 Å². The number of thioether (sulfide) groups is 1. The number of rotatable bonds is 7. The lowest BCUT2D eigenvalue weighted by atomic mass is 10.1. The zero-order valence-corrected chi connectivity index (χ0v) is 16.2. The van der Waals surface area contributed by atoms with Crippen molar-refractivity contribution in [2.75, 3.05) is 0 Å². The van der Waals surface area contributed by atoms with Gasteiger partial charge < -0.3 is 4.74 Å². The summed E-state index contributed by atoms with van der Waals surface area (Å²) < 4.78 is 32.5. The highest BCUT2D eigenvalue weighted by Crippen LogP contribution is 2.26. The first kappa shape index (κ1) is 19.9. The molecule has 7 heteroatoms. The fraction of sp³-hybridized carbons (Fsp3) is 0.190. The fourth-order valence-electron chi connectivity index (χ4n) is 2.47. The highest BCUT2D eigenvalue weighted by Gasteiger charge is 2.09. The molecule has 0 spiro atoms. The van der Waals surface area contributed by atoms with Crippen molar-refractivity contribution in [2.24, 2.45) is 0 Å². The molecule has 3 aromatic rings. The van der Waals surface area contributed by atoms with E-state index in [2.05, 4.69) is 9.97 Å². The molecule has 0 bridgehead atoms. The lowest BCUT2D eigenvalue weighted by molar-refractivity contribution is 0.101. The van der Waals surface area contributed by atoms with E-state index in [4.69, 9.17) is 4.74 Å². The van der Waals surface area contributed by atoms with Crippen LogP contribution >= 0.6 is 11.8 Å². The quantitative estimate of drug-likeness (QED) is 0.293. The SMILES string of the molecule is CCc1cc(Oc2ccc(C(C)=O)cc2)nc(SCc2cc(F)cc(F)c2)n1. The van der Waals surface area contributed by atoms with Gasteiger partial charge in [0, 0.05) is 29.1 Å². The number of Topliss-reactive ketones (excluding diaryl/α,β-unsaturated/α-hetero) is 1. The second-order valence-electron chi connectivity index (χ2n) is 6.08.